The summed E-state index contributed by atoms with van der Waals surface area (Å²) in [5.41, 5.74) is -1.66. The van der Waals surface area contributed by atoms with Gasteiger partial charge < -0.3 is 39.2 Å². The van der Waals surface area contributed by atoms with Gasteiger partial charge in [0.05, 0.1) is 33.4 Å². The minimum atomic E-state index is -1.27. The van der Waals surface area contributed by atoms with Crippen molar-refractivity contribution in [2.45, 2.75) is 102 Å². The zero-order valence-electron chi connectivity index (χ0n) is 30.7. The topological polar surface area (TPSA) is 172 Å². The number of carbonyl (C=O) groups is 5. The number of likely N-dealkylation sites (tertiary alicyclic amines) is 1. The van der Waals surface area contributed by atoms with Crippen LogP contribution in [0.3, 0.4) is 0 Å². The molecule has 1 aromatic heterocycles. The highest BCUT2D eigenvalue weighted by Gasteiger charge is 2.62. The van der Waals surface area contributed by atoms with Gasteiger partial charge in [-0.05, 0) is 59.1 Å². The maximum atomic E-state index is 14.1. The number of fused-ring (bicyclic) bond motifs is 1. The highest BCUT2D eigenvalue weighted by Crippen LogP contribution is 2.46. The Kier molecular flexibility index (Phi) is 12.5. The smallest absolute Gasteiger partial charge is 0.408 e. The van der Waals surface area contributed by atoms with Crippen LogP contribution in [0, 0.1) is 5.92 Å². The van der Waals surface area contributed by atoms with Crippen LogP contribution in [0.2, 0.25) is 0 Å². The molecule has 1 aliphatic heterocycles. The van der Waals surface area contributed by atoms with Gasteiger partial charge in [-0.3, -0.25) is 9.59 Å². The summed E-state index contributed by atoms with van der Waals surface area (Å²) in [4.78, 5) is 71.9. The summed E-state index contributed by atoms with van der Waals surface area (Å²) in [6.07, 6.45) is 6.89. The second kappa shape index (κ2) is 16.4. The summed E-state index contributed by atoms with van der Waals surface area (Å²) in [7, 11) is 4.02. The molecule has 2 heterocycles. The fourth-order valence-electron chi connectivity index (χ4n) is 6.17. The third kappa shape index (κ3) is 9.47. The average molecular weight is 711 g/mol. The monoisotopic (exact) mass is 710 g/mol. The van der Waals surface area contributed by atoms with Gasteiger partial charge >= 0.3 is 18.0 Å². The number of pyridine rings is 1. The molecule has 2 aromatic rings. The first-order chi connectivity index (χ1) is 24.2. The van der Waals surface area contributed by atoms with Crippen molar-refractivity contribution in [2.24, 2.45) is 5.92 Å². The van der Waals surface area contributed by atoms with Crippen LogP contribution in [0.5, 0.6) is 11.5 Å². The Bertz CT molecular complexity index is 1650. The fourth-order valence-corrected chi connectivity index (χ4v) is 6.17. The van der Waals surface area contributed by atoms with E-state index in [0.717, 1.165) is 25.7 Å². The quantitative estimate of drug-likeness (QED) is 0.123. The van der Waals surface area contributed by atoms with E-state index < -0.39 is 59.2 Å². The minimum Gasteiger partial charge on any atom is -0.497 e. The number of allylic oxidation sites excluding steroid dienone is 1. The first-order valence-corrected chi connectivity index (χ1v) is 17.3. The Morgan fingerprint density at radius 2 is 1.82 bits per heavy atom. The molecule has 0 spiro atoms. The number of hydrogen-bond acceptors (Lipinski definition) is 11. The molecule has 1 aliphatic carbocycles. The SMILES string of the molecule is CCCCC/C=C\C1C[C@]1(NC(=O)[C@@H]1C[C@@H](Oc2cc(C(=O)OC)nc3cc(OC)ccc23)CN1C(=O)[C@H](C)NC(=O)OC(C)(C)C)C(=O)OC. The number of rotatable bonds is 14. The summed E-state index contributed by atoms with van der Waals surface area (Å²) < 4.78 is 27.1. The van der Waals surface area contributed by atoms with Gasteiger partial charge in [0.15, 0.2) is 5.69 Å². The van der Waals surface area contributed by atoms with E-state index >= 15 is 0 Å². The molecule has 2 aliphatic rings. The predicted octanol–water partition coefficient (Wildman–Crippen LogP) is 4.48. The van der Waals surface area contributed by atoms with Crippen molar-refractivity contribution in [1.29, 1.82) is 0 Å². The fraction of sp³-hybridized carbons (Fsp3) is 0.568. The summed E-state index contributed by atoms with van der Waals surface area (Å²) in [5.74, 6) is -1.85. The van der Waals surface area contributed by atoms with Crippen molar-refractivity contribution in [3.8, 4) is 11.5 Å². The summed E-state index contributed by atoms with van der Waals surface area (Å²) in [6, 6.07) is 4.40. The number of carbonyl (C=O) groups excluding carboxylic acids is 5. The number of methoxy groups -OCH3 is 3. The predicted molar refractivity (Wildman–Crippen MR) is 187 cm³/mol. The van der Waals surface area contributed by atoms with Crippen LogP contribution in [-0.2, 0) is 28.6 Å². The molecule has 3 amide bonds. The van der Waals surface area contributed by atoms with Gasteiger partial charge in [-0.2, -0.15) is 0 Å². The molecule has 1 saturated carbocycles. The van der Waals surface area contributed by atoms with Crippen LogP contribution in [0.25, 0.3) is 10.9 Å². The van der Waals surface area contributed by atoms with Crippen molar-refractivity contribution in [3.63, 3.8) is 0 Å². The second-order valence-corrected chi connectivity index (χ2v) is 13.9. The maximum Gasteiger partial charge on any atom is 0.408 e. The molecule has 51 heavy (non-hydrogen) atoms. The van der Waals surface area contributed by atoms with E-state index in [-0.39, 0.29) is 30.3 Å². The lowest BCUT2D eigenvalue weighted by Gasteiger charge is -2.28. The van der Waals surface area contributed by atoms with E-state index in [4.69, 9.17) is 23.7 Å². The maximum absolute atomic E-state index is 14.1. The molecule has 14 nitrogen and oxygen atoms in total. The number of nitrogens with zero attached hydrogens (tertiary/aromatic N) is 2. The number of benzene rings is 1. The van der Waals surface area contributed by atoms with Crippen LogP contribution >= 0.6 is 0 Å². The molecular weight excluding hydrogens is 660 g/mol. The van der Waals surface area contributed by atoms with Gasteiger partial charge in [-0.1, -0.05) is 31.9 Å². The third-order valence-corrected chi connectivity index (χ3v) is 8.87. The first-order valence-electron chi connectivity index (χ1n) is 17.3. The van der Waals surface area contributed by atoms with Crippen LogP contribution in [-0.4, -0.2) is 96.9 Å². The molecule has 4 rings (SSSR count). The normalized spacial score (nSPS) is 21.9. The van der Waals surface area contributed by atoms with Gasteiger partial charge in [0.25, 0.3) is 0 Å². The van der Waals surface area contributed by atoms with Crippen molar-refractivity contribution in [2.75, 3.05) is 27.9 Å². The largest absolute Gasteiger partial charge is 0.497 e. The molecule has 14 heteroatoms. The molecular formula is C37H50N4O10. The number of amides is 3. The summed E-state index contributed by atoms with van der Waals surface area (Å²) in [6.45, 7) is 8.69. The molecule has 5 atom stereocenters. The lowest BCUT2D eigenvalue weighted by Crippen LogP contribution is -2.56. The molecule has 2 N–H and O–H groups in total. The Balaban J connectivity index is 1.63. The highest BCUT2D eigenvalue weighted by atomic mass is 16.6. The third-order valence-electron chi connectivity index (χ3n) is 8.87. The molecule has 1 aromatic carbocycles. The van der Waals surface area contributed by atoms with E-state index in [9.17, 15) is 24.0 Å². The summed E-state index contributed by atoms with van der Waals surface area (Å²) >= 11 is 0. The van der Waals surface area contributed by atoms with Gasteiger partial charge in [-0.25, -0.2) is 19.4 Å². The van der Waals surface area contributed by atoms with Crippen LogP contribution in [0.4, 0.5) is 4.79 Å². The van der Waals surface area contributed by atoms with E-state index in [1.54, 1.807) is 39.0 Å². The van der Waals surface area contributed by atoms with Crippen LogP contribution in [0.15, 0.2) is 36.4 Å². The number of hydrogen-bond donors (Lipinski definition) is 2. The van der Waals surface area contributed by atoms with E-state index in [2.05, 4.69) is 22.5 Å². The lowest BCUT2D eigenvalue weighted by molar-refractivity contribution is -0.148. The molecule has 2 fully saturated rings. The number of nitrogens with one attached hydrogen (secondary N) is 2. The second-order valence-electron chi connectivity index (χ2n) is 13.9. The molecule has 1 unspecified atom stereocenters. The van der Waals surface area contributed by atoms with Crippen molar-refractivity contribution < 1.29 is 47.7 Å². The number of unbranched alkanes of at least 4 members (excludes halogenated alkanes) is 3. The Hall–Kier alpha value is -4.88. The number of alkyl carbamates (subject to hydrolysis) is 1. The van der Waals surface area contributed by atoms with E-state index in [1.807, 2.05) is 12.2 Å². The highest BCUT2D eigenvalue weighted by molar-refractivity contribution is 5.97. The Morgan fingerprint density at radius 1 is 1.08 bits per heavy atom. The van der Waals surface area contributed by atoms with Crippen molar-refractivity contribution in [1.82, 2.24) is 20.5 Å². The Labute approximate surface area is 298 Å². The van der Waals surface area contributed by atoms with E-state index in [0.29, 0.717) is 23.1 Å². The standard InChI is InChI=1S/C37H50N4O10/c1-9-10-11-12-13-14-23-20-37(23,34(45)49-8)40-31(42)29-18-25(21-41(29)32(43)22(2)38-35(46)51-36(3,4)5)50-30-19-28(33(44)48-7)39-27-17-24(47-6)15-16-26(27)30/h13-17,19,22-23,25,29H,9-12,18,20-21H2,1-8H3,(H,38,46)(H,40,42)/b14-13-/t22-,23?,25+,29-,37+/m0/s1. The zero-order valence-corrected chi connectivity index (χ0v) is 30.7. The lowest BCUT2D eigenvalue weighted by atomic mass is 10.1. The van der Waals surface area contributed by atoms with Gasteiger partial charge in [0.2, 0.25) is 11.8 Å². The first kappa shape index (κ1) is 38.9. The molecule has 0 bridgehead atoms. The Morgan fingerprint density at radius 3 is 2.47 bits per heavy atom. The van der Waals surface area contributed by atoms with Gasteiger partial charge in [-0.15, -0.1) is 0 Å². The minimum absolute atomic E-state index is 0.00815. The van der Waals surface area contributed by atoms with E-state index in [1.165, 1.54) is 39.2 Å². The number of ether oxygens (including phenoxy) is 5. The summed E-state index contributed by atoms with van der Waals surface area (Å²) in [5, 5.41) is 6.02. The van der Waals surface area contributed by atoms with Crippen molar-refractivity contribution >= 4 is 40.7 Å². The molecule has 278 valence electrons. The van der Waals surface area contributed by atoms with Crippen molar-refractivity contribution in [3.05, 3.63) is 42.1 Å². The zero-order chi connectivity index (χ0) is 37.5. The molecule has 0 radical (unpaired) electrons. The number of aromatic nitrogens is 1. The number of esters is 2. The van der Waals surface area contributed by atoms with Crippen LogP contribution < -0.4 is 20.1 Å². The van der Waals surface area contributed by atoms with Gasteiger partial charge in [0.1, 0.15) is 40.8 Å². The van der Waals surface area contributed by atoms with Crippen LogP contribution in [0.1, 0.15) is 83.6 Å². The van der Waals surface area contributed by atoms with Gasteiger partial charge in [0, 0.05) is 29.9 Å². The molecule has 1 saturated heterocycles. The average Bonchev–Trinajstić information content (AvgIpc) is 3.62.